The Bertz CT molecular complexity index is 1570. The van der Waals surface area contributed by atoms with Gasteiger partial charge in [-0.3, -0.25) is 4.79 Å². The second kappa shape index (κ2) is 8.36. The highest BCUT2D eigenvalue weighted by Crippen LogP contribution is 2.35. The zero-order chi connectivity index (χ0) is 24.7. The number of nitrogens with one attached hydrogen (secondary N) is 1. The van der Waals surface area contributed by atoms with Crippen LogP contribution >= 0.6 is 11.6 Å². The smallest absolute Gasteiger partial charge is 0.434 e. The molecule has 35 heavy (non-hydrogen) atoms. The van der Waals surface area contributed by atoms with Gasteiger partial charge in [0.05, 0.1) is 41.1 Å². The second-order valence-corrected chi connectivity index (χ2v) is 7.62. The number of alkyl halides is 3. The molecule has 5 aromatic rings. The van der Waals surface area contributed by atoms with Crippen LogP contribution in [0.2, 0.25) is 5.02 Å². The molecule has 0 bridgehead atoms. The number of carbonyl (C=O) groups excluding carboxylic acids is 1. The Morgan fingerprint density at radius 1 is 1.09 bits per heavy atom. The maximum atomic E-state index is 14.1. The maximum absolute atomic E-state index is 14.1. The van der Waals surface area contributed by atoms with Gasteiger partial charge in [0.2, 0.25) is 6.20 Å². The molecule has 0 saturated carbocycles. The molecule has 0 saturated heterocycles. The largest absolute Gasteiger partial charge is 0.619 e. The number of benzene rings is 1. The van der Waals surface area contributed by atoms with E-state index in [-0.39, 0.29) is 22.2 Å². The third kappa shape index (κ3) is 4.12. The topological polar surface area (TPSA) is 117 Å². The predicted molar refractivity (Wildman–Crippen MR) is 117 cm³/mol. The highest BCUT2D eigenvalue weighted by Gasteiger charge is 2.41. The van der Waals surface area contributed by atoms with Crippen LogP contribution in [0.3, 0.4) is 0 Å². The summed E-state index contributed by atoms with van der Waals surface area (Å²) in [5.74, 6) is -0.929. The SMILES string of the molecule is O=C(Nc1cnc(-n2nccn2)c(Cl)c1)c1cnn(-c2c[n+]([O-])cc3ccccc23)c1C(F)(F)F. The quantitative estimate of drug-likeness (QED) is 0.298. The molecule has 176 valence electrons. The van der Waals surface area contributed by atoms with Crippen LogP contribution in [-0.2, 0) is 6.18 Å². The lowest BCUT2D eigenvalue weighted by molar-refractivity contribution is -0.603. The summed E-state index contributed by atoms with van der Waals surface area (Å²) >= 11 is 6.17. The van der Waals surface area contributed by atoms with E-state index < -0.39 is 23.3 Å². The van der Waals surface area contributed by atoms with Crippen LogP contribution < -0.4 is 10.0 Å². The lowest BCUT2D eigenvalue weighted by Gasteiger charge is -2.14. The average molecular weight is 501 g/mol. The Morgan fingerprint density at radius 3 is 2.54 bits per heavy atom. The van der Waals surface area contributed by atoms with Crippen molar-refractivity contribution in [2.45, 2.75) is 6.18 Å². The molecule has 14 heteroatoms. The van der Waals surface area contributed by atoms with Gasteiger partial charge in [0.1, 0.15) is 5.69 Å². The van der Waals surface area contributed by atoms with Gasteiger partial charge in [0, 0.05) is 10.8 Å². The van der Waals surface area contributed by atoms with E-state index in [1.807, 2.05) is 0 Å². The number of anilines is 1. The first-order chi connectivity index (χ1) is 16.7. The molecule has 1 amide bonds. The fraction of sp³-hybridized carbons (Fsp3) is 0.0476. The molecule has 0 atom stereocenters. The second-order valence-electron chi connectivity index (χ2n) is 7.21. The third-order valence-corrected chi connectivity index (χ3v) is 5.23. The molecule has 0 spiro atoms. The van der Waals surface area contributed by atoms with Crippen LogP contribution in [0.4, 0.5) is 18.9 Å². The normalized spacial score (nSPS) is 11.7. The Labute approximate surface area is 198 Å². The van der Waals surface area contributed by atoms with Gasteiger partial charge >= 0.3 is 6.18 Å². The minimum absolute atomic E-state index is 0.0411. The van der Waals surface area contributed by atoms with Gasteiger partial charge in [-0.05, 0) is 12.1 Å². The molecule has 1 aromatic carbocycles. The number of amides is 1. The van der Waals surface area contributed by atoms with Gasteiger partial charge in [-0.25, -0.2) is 9.67 Å². The summed E-state index contributed by atoms with van der Waals surface area (Å²) in [4.78, 5) is 18.0. The van der Waals surface area contributed by atoms with Crippen molar-refractivity contribution in [3.8, 4) is 11.5 Å². The standard InChI is InChI=1S/C21H12ClF3N8O2/c22-16-7-13(8-26-19(16)33-27-5-6-28-33)30-20(34)15-9-29-32(18(15)21(23,24)25)17-11-31(35)10-12-3-1-2-4-14(12)17/h1-11H,(H,30,34). The first kappa shape index (κ1) is 22.3. The minimum Gasteiger partial charge on any atom is -0.619 e. The van der Waals surface area contributed by atoms with E-state index in [1.165, 1.54) is 30.9 Å². The van der Waals surface area contributed by atoms with Crippen LogP contribution in [0.25, 0.3) is 22.3 Å². The van der Waals surface area contributed by atoms with Crippen LogP contribution in [-0.4, -0.2) is 35.7 Å². The number of pyridine rings is 2. The van der Waals surface area contributed by atoms with Crippen molar-refractivity contribution >= 4 is 34.0 Å². The van der Waals surface area contributed by atoms with Gasteiger partial charge in [-0.15, -0.1) is 4.80 Å². The number of carbonyl (C=O) groups is 1. The fourth-order valence-corrected chi connectivity index (χ4v) is 3.76. The van der Waals surface area contributed by atoms with Crippen molar-refractivity contribution in [3.05, 3.63) is 89.0 Å². The van der Waals surface area contributed by atoms with Crippen LogP contribution in [0, 0.1) is 5.21 Å². The zero-order valence-electron chi connectivity index (χ0n) is 17.3. The van der Waals surface area contributed by atoms with Crippen LogP contribution in [0.5, 0.6) is 0 Å². The Kier molecular flexibility index (Phi) is 5.32. The van der Waals surface area contributed by atoms with Gasteiger partial charge in [0.25, 0.3) is 5.91 Å². The number of hydrogen-bond donors (Lipinski definition) is 1. The van der Waals surface area contributed by atoms with Crippen LogP contribution in [0.1, 0.15) is 16.1 Å². The minimum atomic E-state index is -4.97. The molecule has 0 aliphatic rings. The predicted octanol–water partition coefficient (Wildman–Crippen LogP) is 3.56. The van der Waals surface area contributed by atoms with Gasteiger partial charge < -0.3 is 10.5 Å². The van der Waals surface area contributed by atoms with Crippen molar-refractivity contribution in [1.29, 1.82) is 0 Å². The summed E-state index contributed by atoms with van der Waals surface area (Å²) in [6.07, 6.45) is 2.01. The lowest BCUT2D eigenvalue weighted by atomic mass is 10.1. The van der Waals surface area contributed by atoms with E-state index >= 15 is 0 Å². The summed E-state index contributed by atoms with van der Waals surface area (Å²) in [6, 6.07) is 7.69. The number of aromatic nitrogens is 7. The summed E-state index contributed by atoms with van der Waals surface area (Å²) in [6.45, 7) is 0. The maximum Gasteiger partial charge on any atom is 0.434 e. The third-order valence-electron chi connectivity index (χ3n) is 4.95. The van der Waals surface area contributed by atoms with Crippen molar-refractivity contribution < 1.29 is 22.7 Å². The van der Waals surface area contributed by atoms with E-state index in [2.05, 4.69) is 25.6 Å². The Hall–Kier alpha value is -4.52. The summed E-state index contributed by atoms with van der Waals surface area (Å²) in [5, 5.41) is 26.8. The summed E-state index contributed by atoms with van der Waals surface area (Å²) in [7, 11) is 0. The number of fused-ring (bicyclic) bond motifs is 1. The zero-order valence-corrected chi connectivity index (χ0v) is 18.1. The molecule has 4 aromatic heterocycles. The van der Waals surface area contributed by atoms with E-state index in [4.69, 9.17) is 11.6 Å². The Balaban J connectivity index is 1.55. The molecular weight excluding hydrogens is 489 g/mol. The molecule has 1 N–H and O–H groups in total. The van der Waals surface area contributed by atoms with Crippen molar-refractivity contribution in [2.24, 2.45) is 0 Å². The monoisotopic (exact) mass is 500 g/mol. The molecule has 10 nitrogen and oxygen atoms in total. The van der Waals surface area contributed by atoms with Gasteiger partial charge in [-0.2, -0.15) is 33.2 Å². The van der Waals surface area contributed by atoms with E-state index in [1.54, 1.807) is 24.3 Å². The molecule has 4 heterocycles. The van der Waals surface area contributed by atoms with Crippen LogP contribution in [0.15, 0.2) is 67.5 Å². The van der Waals surface area contributed by atoms with Gasteiger partial charge in [-0.1, -0.05) is 29.8 Å². The first-order valence-electron chi connectivity index (χ1n) is 9.83. The number of halogens is 4. The highest BCUT2D eigenvalue weighted by molar-refractivity contribution is 6.32. The number of hydrogen-bond acceptors (Lipinski definition) is 6. The summed E-state index contributed by atoms with van der Waals surface area (Å²) in [5.41, 5.74) is -2.19. The molecule has 0 aliphatic heterocycles. The van der Waals surface area contributed by atoms with Gasteiger partial charge in [0.15, 0.2) is 17.7 Å². The Morgan fingerprint density at radius 2 is 1.83 bits per heavy atom. The van der Waals surface area contributed by atoms with E-state index in [0.29, 0.717) is 20.2 Å². The molecule has 0 unspecified atom stereocenters. The highest BCUT2D eigenvalue weighted by atomic mass is 35.5. The summed E-state index contributed by atoms with van der Waals surface area (Å²) < 4.78 is 43.3. The van der Waals surface area contributed by atoms with Crippen molar-refractivity contribution in [2.75, 3.05) is 5.32 Å². The van der Waals surface area contributed by atoms with Crippen molar-refractivity contribution in [1.82, 2.24) is 29.8 Å². The molecular formula is C21H12ClF3N8O2. The molecule has 5 rings (SSSR count). The molecule has 0 fully saturated rings. The van der Waals surface area contributed by atoms with E-state index in [9.17, 15) is 23.2 Å². The average Bonchev–Trinajstić information content (AvgIpc) is 3.49. The lowest BCUT2D eigenvalue weighted by Crippen LogP contribution is -2.27. The molecule has 0 radical (unpaired) electrons. The number of rotatable bonds is 4. The van der Waals surface area contributed by atoms with E-state index in [0.717, 1.165) is 17.2 Å². The number of nitrogens with zero attached hydrogens (tertiary/aromatic N) is 7. The molecule has 0 aliphatic carbocycles. The first-order valence-corrected chi connectivity index (χ1v) is 10.2. The fourth-order valence-electron chi connectivity index (χ4n) is 3.52. The van der Waals surface area contributed by atoms with Crippen molar-refractivity contribution in [3.63, 3.8) is 0 Å².